The number of aryl methyl sites for hydroxylation is 1. The van der Waals surface area contributed by atoms with Gasteiger partial charge in [-0.15, -0.1) is 0 Å². The first kappa shape index (κ1) is 11.3. The molecule has 0 saturated heterocycles. The summed E-state index contributed by atoms with van der Waals surface area (Å²) >= 11 is 0. The number of furan rings is 1. The quantitative estimate of drug-likeness (QED) is 0.655. The molecule has 2 heterocycles. The van der Waals surface area contributed by atoms with E-state index in [1.54, 1.807) is 19.1 Å². The molecule has 0 unspecified atom stereocenters. The Morgan fingerprint density at radius 3 is 2.89 bits per heavy atom. The lowest BCUT2D eigenvalue weighted by Gasteiger charge is -1.99. The van der Waals surface area contributed by atoms with E-state index < -0.39 is 0 Å². The summed E-state index contributed by atoms with van der Waals surface area (Å²) in [5.41, 5.74) is 7.56. The van der Waals surface area contributed by atoms with E-state index in [1.807, 2.05) is 18.2 Å². The third-order valence-electron chi connectivity index (χ3n) is 2.88. The summed E-state index contributed by atoms with van der Waals surface area (Å²) in [5, 5.41) is 10.1. The van der Waals surface area contributed by atoms with Crippen LogP contribution in [-0.4, -0.2) is 16.1 Å². The lowest BCUT2D eigenvalue weighted by molar-refractivity contribution is 0.0998. The van der Waals surface area contributed by atoms with E-state index >= 15 is 0 Å². The van der Waals surface area contributed by atoms with Gasteiger partial charge in [0.1, 0.15) is 5.58 Å². The van der Waals surface area contributed by atoms with Gasteiger partial charge in [-0.25, -0.2) is 0 Å². The molecule has 0 aliphatic carbocycles. The van der Waals surface area contributed by atoms with E-state index in [4.69, 9.17) is 10.2 Å². The zero-order valence-electron chi connectivity index (χ0n) is 10.2. The molecule has 2 aromatic heterocycles. The minimum Gasteiger partial charge on any atom is -0.451 e. The standard InChI is InChI=1S/C13H12N4O2/c1-7-11(14)12(17-16-7)15-13(18)10-6-8-4-2-3-5-9(8)19-10/h2-6H,14H2,1H3,(H2,15,16,17,18). The van der Waals surface area contributed by atoms with Crippen molar-refractivity contribution < 1.29 is 9.21 Å². The highest BCUT2D eigenvalue weighted by Crippen LogP contribution is 2.22. The largest absolute Gasteiger partial charge is 0.451 e. The third-order valence-corrected chi connectivity index (χ3v) is 2.88. The Morgan fingerprint density at radius 2 is 2.21 bits per heavy atom. The second-order valence-electron chi connectivity index (χ2n) is 4.21. The van der Waals surface area contributed by atoms with Crippen LogP contribution in [0.4, 0.5) is 11.5 Å². The summed E-state index contributed by atoms with van der Waals surface area (Å²) in [5.74, 6) is 0.151. The molecule has 0 bridgehead atoms. The molecule has 0 aliphatic rings. The van der Waals surface area contributed by atoms with Crippen molar-refractivity contribution in [2.75, 3.05) is 11.1 Å². The van der Waals surface area contributed by atoms with E-state index in [-0.39, 0.29) is 11.7 Å². The number of anilines is 2. The number of fused-ring (bicyclic) bond motifs is 1. The van der Waals surface area contributed by atoms with Gasteiger partial charge >= 0.3 is 0 Å². The monoisotopic (exact) mass is 256 g/mol. The van der Waals surface area contributed by atoms with Crippen LogP contribution >= 0.6 is 0 Å². The molecule has 1 aromatic carbocycles. The van der Waals surface area contributed by atoms with Crippen LogP contribution in [0.5, 0.6) is 0 Å². The Morgan fingerprint density at radius 1 is 1.42 bits per heavy atom. The molecule has 96 valence electrons. The summed E-state index contributed by atoms with van der Waals surface area (Å²) in [4.78, 5) is 12.0. The van der Waals surface area contributed by atoms with Crippen molar-refractivity contribution in [3.05, 3.63) is 41.8 Å². The van der Waals surface area contributed by atoms with Crippen molar-refractivity contribution in [2.45, 2.75) is 6.92 Å². The minimum absolute atomic E-state index is 0.223. The fraction of sp³-hybridized carbons (Fsp3) is 0.0769. The number of carbonyl (C=O) groups excluding carboxylic acids is 1. The fourth-order valence-corrected chi connectivity index (χ4v) is 1.80. The van der Waals surface area contributed by atoms with Crippen molar-refractivity contribution in [3.8, 4) is 0 Å². The van der Waals surface area contributed by atoms with E-state index in [0.717, 1.165) is 5.39 Å². The highest BCUT2D eigenvalue weighted by atomic mass is 16.3. The molecule has 4 N–H and O–H groups in total. The first-order valence-corrected chi connectivity index (χ1v) is 5.75. The maximum Gasteiger partial charge on any atom is 0.292 e. The van der Waals surface area contributed by atoms with Crippen LogP contribution in [0.1, 0.15) is 16.2 Å². The first-order chi connectivity index (χ1) is 9.15. The average molecular weight is 256 g/mol. The maximum atomic E-state index is 12.0. The van der Waals surface area contributed by atoms with Crippen molar-refractivity contribution in [1.29, 1.82) is 0 Å². The Labute approximate surface area is 108 Å². The number of nitrogens with zero attached hydrogens (tertiary/aromatic N) is 1. The van der Waals surface area contributed by atoms with E-state index in [0.29, 0.717) is 22.8 Å². The number of amides is 1. The van der Waals surface area contributed by atoms with Gasteiger partial charge in [-0.05, 0) is 19.1 Å². The lowest BCUT2D eigenvalue weighted by atomic mass is 10.2. The SMILES string of the molecule is Cc1[nH]nc(NC(=O)c2cc3ccccc3o2)c1N. The molecule has 0 fully saturated rings. The number of aromatic amines is 1. The molecule has 0 atom stereocenters. The number of nitrogens with one attached hydrogen (secondary N) is 2. The van der Waals surface area contributed by atoms with Crippen LogP contribution in [0.15, 0.2) is 34.7 Å². The zero-order valence-corrected chi connectivity index (χ0v) is 10.2. The van der Waals surface area contributed by atoms with E-state index in [9.17, 15) is 4.79 Å². The summed E-state index contributed by atoms with van der Waals surface area (Å²) < 4.78 is 5.46. The molecule has 0 spiro atoms. The Kier molecular flexibility index (Phi) is 2.49. The van der Waals surface area contributed by atoms with Gasteiger partial charge < -0.3 is 15.5 Å². The number of nitrogen functional groups attached to an aromatic ring is 1. The summed E-state index contributed by atoms with van der Waals surface area (Å²) in [7, 11) is 0. The Hall–Kier alpha value is -2.76. The van der Waals surface area contributed by atoms with Gasteiger partial charge in [-0.1, -0.05) is 18.2 Å². The predicted molar refractivity (Wildman–Crippen MR) is 71.9 cm³/mol. The van der Waals surface area contributed by atoms with Crippen LogP contribution in [0, 0.1) is 6.92 Å². The molecule has 0 aliphatic heterocycles. The molecular weight excluding hydrogens is 244 g/mol. The van der Waals surface area contributed by atoms with Gasteiger partial charge in [0.15, 0.2) is 11.6 Å². The van der Waals surface area contributed by atoms with Crippen molar-refractivity contribution in [1.82, 2.24) is 10.2 Å². The number of nitrogens with two attached hydrogens (primary N) is 1. The number of rotatable bonds is 2. The van der Waals surface area contributed by atoms with Crippen LogP contribution in [0.2, 0.25) is 0 Å². The van der Waals surface area contributed by atoms with Gasteiger partial charge in [-0.3, -0.25) is 9.89 Å². The Bertz CT molecular complexity index is 724. The van der Waals surface area contributed by atoms with Gasteiger partial charge in [0.2, 0.25) is 0 Å². The Balaban J connectivity index is 1.89. The molecule has 3 aromatic rings. The van der Waals surface area contributed by atoms with Crippen molar-refractivity contribution in [3.63, 3.8) is 0 Å². The molecule has 19 heavy (non-hydrogen) atoms. The summed E-state index contributed by atoms with van der Waals surface area (Å²) in [6, 6.07) is 9.10. The molecule has 6 nitrogen and oxygen atoms in total. The van der Waals surface area contributed by atoms with Gasteiger partial charge in [-0.2, -0.15) is 5.10 Å². The second-order valence-corrected chi connectivity index (χ2v) is 4.21. The lowest BCUT2D eigenvalue weighted by Crippen LogP contribution is -2.12. The number of para-hydroxylation sites is 1. The smallest absolute Gasteiger partial charge is 0.292 e. The molecule has 0 saturated carbocycles. The van der Waals surface area contributed by atoms with Gasteiger partial charge in [0.25, 0.3) is 5.91 Å². The van der Waals surface area contributed by atoms with Crippen LogP contribution in [-0.2, 0) is 0 Å². The number of hydrogen-bond acceptors (Lipinski definition) is 4. The number of carbonyl (C=O) groups is 1. The predicted octanol–water partition coefficient (Wildman–Crippen LogP) is 2.30. The fourth-order valence-electron chi connectivity index (χ4n) is 1.80. The van der Waals surface area contributed by atoms with Crippen LogP contribution < -0.4 is 11.1 Å². The average Bonchev–Trinajstić information content (AvgIpc) is 2.97. The number of H-pyrrole nitrogens is 1. The van der Waals surface area contributed by atoms with Crippen LogP contribution in [0.25, 0.3) is 11.0 Å². The molecule has 6 heteroatoms. The van der Waals surface area contributed by atoms with Crippen molar-refractivity contribution in [2.24, 2.45) is 0 Å². The topological polar surface area (TPSA) is 96.9 Å². The van der Waals surface area contributed by atoms with E-state index in [1.165, 1.54) is 0 Å². The molecular formula is C13H12N4O2. The van der Waals surface area contributed by atoms with Crippen molar-refractivity contribution >= 4 is 28.4 Å². The van der Waals surface area contributed by atoms with E-state index in [2.05, 4.69) is 15.5 Å². The zero-order chi connectivity index (χ0) is 13.4. The van der Waals surface area contributed by atoms with Crippen LogP contribution in [0.3, 0.4) is 0 Å². The number of aromatic nitrogens is 2. The minimum atomic E-state index is -0.380. The normalized spacial score (nSPS) is 10.8. The number of benzene rings is 1. The van der Waals surface area contributed by atoms with Gasteiger partial charge in [0.05, 0.1) is 11.4 Å². The summed E-state index contributed by atoms with van der Waals surface area (Å²) in [6.07, 6.45) is 0. The maximum absolute atomic E-state index is 12.0. The third kappa shape index (κ3) is 1.93. The second kappa shape index (κ2) is 4.16. The molecule has 3 rings (SSSR count). The number of hydrogen-bond donors (Lipinski definition) is 3. The van der Waals surface area contributed by atoms with Gasteiger partial charge in [0, 0.05) is 5.39 Å². The highest BCUT2D eigenvalue weighted by Gasteiger charge is 2.15. The molecule has 0 radical (unpaired) electrons. The molecule has 1 amide bonds. The summed E-state index contributed by atoms with van der Waals surface area (Å²) in [6.45, 7) is 1.78. The first-order valence-electron chi connectivity index (χ1n) is 5.75. The highest BCUT2D eigenvalue weighted by molar-refractivity contribution is 6.05.